The molecule has 0 saturated carbocycles. The Hall–Kier alpha value is -3.60. The van der Waals surface area contributed by atoms with E-state index in [1.807, 2.05) is 36.4 Å². The average Bonchev–Trinajstić information content (AvgIpc) is 2.79. The number of fused-ring (bicyclic) bond motifs is 1. The Bertz CT molecular complexity index is 1120. The van der Waals surface area contributed by atoms with E-state index in [0.29, 0.717) is 0 Å². The van der Waals surface area contributed by atoms with E-state index < -0.39 is 23.8 Å². The van der Waals surface area contributed by atoms with Gasteiger partial charge in [-0.2, -0.15) is 4.99 Å². The van der Waals surface area contributed by atoms with Crippen LogP contribution in [0.2, 0.25) is 0 Å². The van der Waals surface area contributed by atoms with Crippen molar-refractivity contribution >= 4 is 51.4 Å². The van der Waals surface area contributed by atoms with Gasteiger partial charge in [0.05, 0.1) is 13.0 Å². The normalized spacial score (nSPS) is 13.0. The number of guanidine groups is 2. The lowest BCUT2D eigenvalue weighted by atomic mass is 9.99. The van der Waals surface area contributed by atoms with Gasteiger partial charge < -0.3 is 20.7 Å². The summed E-state index contributed by atoms with van der Waals surface area (Å²) in [5, 5.41) is 14.4. The van der Waals surface area contributed by atoms with Crippen LogP contribution < -0.4 is 21.1 Å². The molecule has 0 aliphatic heterocycles. The molecule has 0 spiro atoms. The second-order valence-electron chi connectivity index (χ2n) is 7.78. The van der Waals surface area contributed by atoms with E-state index in [2.05, 4.69) is 15.6 Å². The van der Waals surface area contributed by atoms with Gasteiger partial charge in [0.1, 0.15) is 11.8 Å². The van der Waals surface area contributed by atoms with E-state index in [0.717, 1.165) is 33.8 Å². The van der Waals surface area contributed by atoms with E-state index in [1.54, 1.807) is 28.1 Å². The van der Waals surface area contributed by atoms with Gasteiger partial charge in [-0.05, 0) is 28.5 Å². The second-order valence-corrected chi connectivity index (χ2v) is 8.81. The summed E-state index contributed by atoms with van der Waals surface area (Å²) in [7, 11) is 4.83. The minimum Gasteiger partial charge on any atom is -0.497 e. The zero-order chi connectivity index (χ0) is 25.4. The topological polar surface area (TPSA) is 150 Å². The van der Waals surface area contributed by atoms with Crippen LogP contribution in [0.15, 0.2) is 41.4 Å². The molecule has 0 unspecified atom stereocenters. The van der Waals surface area contributed by atoms with Crippen molar-refractivity contribution in [3.8, 4) is 5.75 Å². The Morgan fingerprint density at radius 3 is 2.44 bits per heavy atom. The van der Waals surface area contributed by atoms with Crippen molar-refractivity contribution in [1.82, 2.24) is 15.5 Å². The Kier molecular flexibility index (Phi) is 9.43. The van der Waals surface area contributed by atoms with Gasteiger partial charge in [0.15, 0.2) is 5.12 Å². The van der Waals surface area contributed by atoms with Crippen molar-refractivity contribution in [1.29, 1.82) is 5.41 Å². The monoisotopic (exact) mass is 486 g/mol. The molecule has 0 bridgehead atoms. The van der Waals surface area contributed by atoms with Crippen LogP contribution in [-0.2, 0) is 14.4 Å². The summed E-state index contributed by atoms with van der Waals surface area (Å²) in [6.07, 6.45) is 0. The largest absolute Gasteiger partial charge is 0.497 e. The summed E-state index contributed by atoms with van der Waals surface area (Å²) in [6, 6.07) is 10.5. The first kappa shape index (κ1) is 26.7. The van der Waals surface area contributed by atoms with Gasteiger partial charge in [-0.1, -0.05) is 43.0 Å². The predicted octanol–water partition coefficient (Wildman–Crippen LogP) is 1.64. The first-order chi connectivity index (χ1) is 16.0. The van der Waals surface area contributed by atoms with Crippen LogP contribution in [0.4, 0.5) is 0 Å². The summed E-state index contributed by atoms with van der Waals surface area (Å²) in [5.74, 6) is -1.15. The molecule has 2 atom stereocenters. The number of aliphatic imine (C=N–C) groups is 1. The molecule has 11 heteroatoms. The van der Waals surface area contributed by atoms with Gasteiger partial charge in [-0.25, -0.2) is 0 Å². The fourth-order valence-electron chi connectivity index (χ4n) is 2.95. The number of hydrogen-bond acceptors (Lipinski definition) is 6. The van der Waals surface area contributed by atoms with Gasteiger partial charge in [0.2, 0.25) is 23.7 Å². The minimum absolute atomic E-state index is 0.0117. The molecule has 10 nitrogen and oxygen atoms in total. The number of carbonyl (C=O) groups excluding carboxylic acids is 3. The molecule has 2 aromatic rings. The maximum absolute atomic E-state index is 12.9. The molecule has 0 fully saturated rings. The summed E-state index contributed by atoms with van der Waals surface area (Å²) >= 11 is 0.949. The fraction of sp³-hybridized carbons (Fsp3) is 0.348. The molecule has 2 rings (SSSR count). The Morgan fingerprint density at radius 2 is 1.82 bits per heavy atom. The van der Waals surface area contributed by atoms with Gasteiger partial charge >= 0.3 is 0 Å². The highest BCUT2D eigenvalue weighted by atomic mass is 32.2. The molecule has 34 heavy (non-hydrogen) atoms. The van der Waals surface area contributed by atoms with E-state index in [4.69, 9.17) is 15.9 Å². The van der Waals surface area contributed by atoms with Crippen molar-refractivity contribution in [3.05, 3.63) is 42.0 Å². The summed E-state index contributed by atoms with van der Waals surface area (Å²) < 4.78 is 5.24. The van der Waals surface area contributed by atoms with Gasteiger partial charge in [0.25, 0.3) is 0 Å². The zero-order valence-electron chi connectivity index (χ0n) is 19.8. The van der Waals surface area contributed by atoms with E-state index in [9.17, 15) is 14.4 Å². The quantitative estimate of drug-likeness (QED) is 0.343. The molecule has 0 radical (unpaired) electrons. The summed E-state index contributed by atoms with van der Waals surface area (Å²) in [5.41, 5.74) is 6.52. The lowest BCUT2D eigenvalue weighted by Gasteiger charge is -2.18. The Labute approximate surface area is 202 Å². The van der Waals surface area contributed by atoms with E-state index in [1.165, 1.54) is 11.8 Å². The maximum atomic E-state index is 12.9. The lowest BCUT2D eigenvalue weighted by molar-refractivity contribution is -0.126. The summed E-state index contributed by atoms with van der Waals surface area (Å²) in [6.45, 7) is 3.07. The van der Waals surface area contributed by atoms with Crippen molar-refractivity contribution in [3.63, 3.8) is 0 Å². The Balaban J connectivity index is 2.07. The zero-order valence-corrected chi connectivity index (χ0v) is 20.7. The fourth-order valence-corrected chi connectivity index (χ4v) is 3.90. The first-order valence-electron chi connectivity index (χ1n) is 10.4. The highest BCUT2D eigenvalue weighted by Gasteiger charge is 2.24. The third kappa shape index (κ3) is 7.48. The van der Waals surface area contributed by atoms with Crippen LogP contribution in [-0.4, -0.2) is 66.7 Å². The standard InChI is InChI=1S/C23H30N6O4S/c1-13(15-6-7-17-11-18(33-5)9-8-16(17)10-15)21(32)34-12-19(26-14(2)30)20(31)27-22(24)28-23(25)29(3)4/h6-11,13,19H,12H2,1-5H3,(H,26,30)(H4,24,25,27,28,31)/t13-,19-/m0/s1. The third-order valence-electron chi connectivity index (χ3n) is 4.91. The molecule has 0 aromatic heterocycles. The molecule has 5 N–H and O–H groups in total. The van der Waals surface area contributed by atoms with Crippen molar-refractivity contribution < 1.29 is 19.1 Å². The van der Waals surface area contributed by atoms with Crippen molar-refractivity contribution in [2.75, 3.05) is 27.0 Å². The van der Waals surface area contributed by atoms with Crippen molar-refractivity contribution in [2.45, 2.75) is 25.8 Å². The molecule has 0 aliphatic rings. The number of carbonyl (C=O) groups is 3. The number of rotatable bonds is 7. The van der Waals surface area contributed by atoms with Crippen LogP contribution in [0.1, 0.15) is 25.3 Å². The average molecular weight is 487 g/mol. The van der Waals surface area contributed by atoms with Gasteiger partial charge in [-0.3, -0.25) is 25.1 Å². The first-order valence-corrected chi connectivity index (χ1v) is 11.4. The predicted molar refractivity (Wildman–Crippen MR) is 135 cm³/mol. The molecular formula is C23H30N6O4S. The minimum atomic E-state index is -1.01. The van der Waals surface area contributed by atoms with Gasteiger partial charge in [-0.15, -0.1) is 0 Å². The highest BCUT2D eigenvalue weighted by molar-refractivity contribution is 8.13. The summed E-state index contributed by atoms with van der Waals surface area (Å²) in [4.78, 5) is 42.2. The molecule has 2 amide bonds. The van der Waals surface area contributed by atoms with Crippen LogP contribution in [0.3, 0.4) is 0 Å². The molecular weight excluding hydrogens is 456 g/mol. The molecule has 182 valence electrons. The second kappa shape index (κ2) is 12.0. The maximum Gasteiger partial charge on any atom is 0.250 e. The number of nitrogens with two attached hydrogens (primary N) is 1. The molecule has 0 aliphatic carbocycles. The molecule has 0 saturated heterocycles. The number of amides is 2. The molecule has 0 heterocycles. The van der Waals surface area contributed by atoms with Crippen LogP contribution in [0.5, 0.6) is 5.75 Å². The third-order valence-corrected chi connectivity index (χ3v) is 6.05. The number of thioether (sulfide) groups is 1. The molecule has 2 aromatic carbocycles. The SMILES string of the molecule is COc1ccc2cc([C@H](C)C(=O)SC[C@H](NC(C)=O)C(=O)N/C(N)=N/C(=N)N(C)C)ccc2c1. The number of methoxy groups -OCH3 is 1. The smallest absolute Gasteiger partial charge is 0.250 e. The van der Waals surface area contributed by atoms with Crippen LogP contribution in [0.25, 0.3) is 10.8 Å². The Morgan fingerprint density at radius 1 is 1.18 bits per heavy atom. The number of hydrogen-bond donors (Lipinski definition) is 4. The van der Waals surface area contributed by atoms with E-state index >= 15 is 0 Å². The van der Waals surface area contributed by atoms with E-state index in [-0.39, 0.29) is 22.8 Å². The number of nitrogens with zero attached hydrogens (tertiary/aromatic N) is 2. The van der Waals surface area contributed by atoms with Crippen molar-refractivity contribution in [2.24, 2.45) is 10.7 Å². The lowest BCUT2D eigenvalue weighted by Crippen LogP contribution is -2.51. The number of benzene rings is 2. The van der Waals surface area contributed by atoms with Gasteiger partial charge in [0, 0.05) is 26.8 Å². The number of ether oxygens (including phenoxy) is 1. The van der Waals surface area contributed by atoms with Crippen LogP contribution >= 0.6 is 11.8 Å². The van der Waals surface area contributed by atoms with Crippen LogP contribution in [0, 0.1) is 5.41 Å². The number of nitrogens with one attached hydrogen (secondary N) is 3. The highest BCUT2D eigenvalue weighted by Crippen LogP contribution is 2.28.